The Morgan fingerprint density at radius 1 is 1.19 bits per heavy atom. The molecule has 0 radical (unpaired) electrons. The molecule has 5 rings (SSSR count). The van der Waals surface area contributed by atoms with Gasteiger partial charge in [0.25, 0.3) is 5.91 Å². The third kappa shape index (κ3) is 3.52. The van der Waals surface area contributed by atoms with E-state index in [9.17, 15) is 19.1 Å². The molecule has 2 aromatic heterocycles. The van der Waals surface area contributed by atoms with Gasteiger partial charge in [-0.1, -0.05) is 30.4 Å². The molecule has 1 atom stereocenters. The quantitative estimate of drug-likeness (QED) is 0.657. The van der Waals surface area contributed by atoms with Crippen molar-refractivity contribution in [2.75, 3.05) is 6.54 Å². The third-order valence-corrected chi connectivity index (χ3v) is 6.86. The van der Waals surface area contributed by atoms with Crippen molar-refractivity contribution >= 4 is 17.2 Å². The molecule has 1 aliphatic heterocycles. The molecule has 2 aliphatic rings. The van der Waals surface area contributed by atoms with E-state index in [0.29, 0.717) is 23.0 Å². The average molecular weight is 441 g/mol. The lowest BCUT2D eigenvalue weighted by molar-refractivity contribution is 0.0642. The van der Waals surface area contributed by atoms with Crippen LogP contribution in [0.1, 0.15) is 53.3 Å². The molecule has 160 valence electrons. The summed E-state index contributed by atoms with van der Waals surface area (Å²) in [7, 11) is 0. The highest BCUT2D eigenvalue weighted by Crippen LogP contribution is 2.37. The van der Waals surface area contributed by atoms with E-state index in [0.717, 1.165) is 24.8 Å². The summed E-state index contributed by atoms with van der Waals surface area (Å²) in [6.45, 7) is 2.59. The van der Waals surface area contributed by atoms with Crippen molar-refractivity contribution in [1.82, 2.24) is 19.7 Å². The number of amides is 1. The Balaban J connectivity index is 1.52. The highest BCUT2D eigenvalue weighted by molar-refractivity contribution is 7.14. The second kappa shape index (κ2) is 7.56. The molecule has 7 nitrogen and oxygen atoms in total. The Bertz CT molecular complexity index is 1220. The Kier molecular flexibility index (Phi) is 4.85. The molecule has 1 N–H and O–H groups in total. The van der Waals surface area contributed by atoms with Crippen LogP contribution in [0.4, 0.5) is 4.39 Å². The monoisotopic (exact) mass is 440 g/mol. The van der Waals surface area contributed by atoms with Gasteiger partial charge < -0.3 is 14.6 Å². The van der Waals surface area contributed by atoms with Crippen LogP contribution in [0.5, 0.6) is 5.75 Å². The van der Waals surface area contributed by atoms with Gasteiger partial charge >= 0.3 is 0 Å². The summed E-state index contributed by atoms with van der Waals surface area (Å²) in [5.41, 5.74) is 0.563. The first-order chi connectivity index (χ1) is 15.0. The maximum atomic E-state index is 13.1. The van der Waals surface area contributed by atoms with Crippen molar-refractivity contribution in [1.29, 1.82) is 0 Å². The van der Waals surface area contributed by atoms with Gasteiger partial charge in [0.2, 0.25) is 5.43 Å². The lowest BCUT2D eigenvalue weighted by Gasteiger charge is -2.36. The van der Waals surface area contributed by atoms with E-state index >= 15 is 0 Å². The molecule has 1 amide bonds. The van der Waals surface area contributed by atoms with Gasteiger partial charge in [-0.25, -0.2) is 4.39 Å². The van der Waals surface area contributed by atoms with Crippen LogP contribution in [0.15, 0.2) is 35.3 Å². The Morgan fingerprint density at radius 3 is 2.61 bits per heavy atom. The van der Waals surface area contributed by atoms with E-state index in [1.165, 1.54) is 23.5 Å². The summed E-state index contributed by atoms with van der Waals surface area (Å²) >= 11 is 1.25. The topological polar surface area (TPSA) is 88.3 Å². The zero-order chi connectivity index (χ0) is 21.7. The maximum absolute atomic E-state index is 13.1. The maximum Gasteiger partial charge on any atom is 0.274 e. The van der Waals surface area contributed by atoms with E-state index in [4.69, 9.17) is 0 Å². The summed E-state index contributed by atoms with van der Waals surface area (Å²) in [5, 5.41) is 20.1. The SMILES string of the molecule is CC[C@H]1CN(C2CC2)C(=O)c2c(O)c(=O)c(-c3nnc(Cc4ccc(F)cc4)s3)cn21. The van der Waals surface area contributed by atoms with E-state index in [1.807, 2.05) is 6.92 Å². The first-order valence-electron chi connectivity index (χ1n) is 10.3. The van der Waals surface area contributed by atoms with Gasteiger partial charge in [-0.15, -0.1) is 10.2 Å². The molecule has 0 bridgehead atoms. The van der Waals surface area contributed by atoms with Crippen LogP contribution in [0, 0.1) is 5.82 Å². The highest BCUT2D eigenvalue weighted by Gasteiger charge is 2.41. The van der Waals surface area contributed by atoms with Crippen molar-refractivity contribution in [2.24, 2.45) is 0 Å². The van der Waals surface area contributed by atoms with Gasteiger partial charge in [0.15, 0.2) is 16.5 Å². The van der Waals surface area contributed by atoms with E-state index in [2.05, 4.69) is 10.2 Å². The number of halogens is 1. The van der Waals surface area contributed by atoms with Gasteiger partial charge in [-0.3, -0.25) is 9.59 Å². The number of carbonyl (C=O) groups is 1. The fourth-order valence-corrected chi connectivity index (χ4v) is 4.92. The fraction of sp³-hybridized carbons (Fsp3) is 0.364. The van der Waals surface area contributed by atoms with E-state index in [-0.39, 0.29) is 35.1 Å². The number of aromatic hydroxyl groups is 1. The molecule has 9 heteroatoms. The molecule has 0 spiro atoms. The molecular formula is C22H21FN4O3S. The van der Waals surface area contributed by atoms with Crippen molar-refractivity contribution in [2.45, 2.75) is 44.7 Å². The second-order valence-corrected chi connectivity index (χ2v) is 9.09. The first-order valence-corrected chi connectivity index (χ1v) is 11.1. The van der Waals surface area contributed by atoms with Crippen LogP contribution in [0.25, 0.3) is 10.6 Å². The second-order valence-electron chi connectivity index (χ2n) is 8.03. The number of carbonyl (C=O) groups excluding carboxylic acids is 1. The number of fused-ring (bicyclic) bond motifs is 1. The number of nitrogens with zero attached hydrogens (tertiary/aromatic N) is 4. The number of rotatable bonds is 5. The lowest BCUT2D eigenvalue weighted by Crippen LogP contribution is -2.45. The van der Waals surface area contributed by atoms with Crippen LogP contribution >= 0.6 is 11.3 Å². The highest BCUT2D eigenvalue weighted by atomic mass is 32.1. The van der Waals surface area contributed by atoms with Gasteiger partial charge in [-0.2, -0.15) is 0 Å². The largest absolute Gasteiger partial charge is 0.503 e. The van der Waals surface area contributed by atoms with Crippen LogP contribution in [0.3, 0.4) is 0 Å². The predicted molar refractivity (Wildman–Crippen MR) is 114 cm³/mol. The summed E-state index contributed by atoms with van der Waals surface area (Å²) in [4.78, 5) is 27.7. The standard InChI is InChI=1S/C22H21FN4O3S/c1-2-14-10-27(15-7-8-15)22(30)18-20(29)19(28)16(11-26(14)18)21-25-24-17(31-21)9-12-3-5-13(23)6-4-12/h3-6,11,14-15,29H,2,7-10H2,1H3/t14-/m0/s1. The molecule has 1 saturated carbocycles. The molecule has 3 aromatic rings. The van der Waals surface area contributed by atoms with Crippen LogP contribution in [0.2, 0.25) is 0 Å². The van der Waals surface area contributed by atoms with Gasteiger partial charge in [0.1, 0.15) is 10.8 Å². The Morgan fingerprint density at radius 2 is 1.94 bits per heavy atom. The van der Waals surface area contributed by atoms with Crippen LogP contribution in [-0.2, 0) is 6.42 Å². The lowest BCUT2D eigenvalue weighted by atomic mass is 10.1. The van der Waals surface area contributed by atoms with Gasteiger partial charge in [0.05, 0.1) is 11.6 Å². The predicted octanol–water partition coefficient (Wildman–Crippen LogP) is 3.37. The molecule has 31 heavy (non-hydrogen) atoms. The van der Waals surface area contributed by atoms with Crippen molar-refractivity contribution < 1.29 is 14.3 Å². The molecule has 3 heterocycles. The van der Waals surface area contributed by atoms with E-state index < -0.39 is 11.2 Å². The van der Waals surface area contributed by atoms with Gasteiger partial charge in [0, 0.05) is 25.2 Å². The molecule has 0 unspecified atom stereocenters. The summed E-state index contributed by atoms with van der Waals surface area (Å²) in [6.07, 6.45) is 4.79. The van der Waals surface area contributed by atoms with Crippen molar-refractivity contribution in [3.8, 4) is 16.3 Å². The minimum Gasteiger partial charge on any atom is -0.503 e. The number of hydrogen-bond donors (Lipinski definition) is 1. The minimum absolute atomic E-state index is 0.0230. The van der Waals surface area contributed by atoms with Crippen LogP contribution < -0.4 is 5.43 Å². The Hall–Kier alpha value is -3.07. The molecule has 1 fully saturated rings. The molecular weight excluding hydrogens is 419 g/mol. The van der Waals surface area contributed by atoms with Gasteiger partial charge in [-0.05, 0) is 37.0 Å². The van der Waals surface area contributed by atoms with Crippen molar-refractivity contribution in [3.05, 3.63) is 62.8 Å². The summed E-state index contributed by atoms with van der Waals surface area (Å²) in [6, 6.07) is 6.32. The number of benzene rings is 1. The van der Waals surface area contributed by atoms with Crippen molar-refractivity contribution in [3.63, 3.8) is 0 Å². The fourth-order valence-electron chi connectivity index (χ4n) is 4.04. The number of hydrogen-bond acceptors (Lipinski definition) is 6. The molecule has 0 saturated heterocycles. The molecule has 1 aromatic carbocycles. The smallest absolute Gasteiger partial charge is 0.274 e. The first kappa shape index (κ1) is 19.9. The summed E-state index contributed by atoms with van der Waals surface area (Å²) in [5.74, 6) is -1.12. The van der Waals surface area contributed by atoms with Crippen LogP contribution in [-0.4, -0.2) is 43.3 Å². The number of pyridine rings is 1. The minimum atomic E-state index is -0.614. The zero-order valence-corrected chi connectivity index (χ0v) is 17.7. The molecule has 1 aliphatic carbocycles. The average Bonchev–Trinajstić information content (AvgIpc) is 3.50. The third-order valence-electron chi connectivity index (χ3n) is 5.90. The normalized spacial score (nSPS) is 18.3. The Labute approximate surface area is 181 Å². The van der Waals surface area contributed by atoms with E-state index in [1.54, 1.807) is 27.8 Å². The summed E-state index contributed by atoms with van der Waals surface area (Å²) < 4.78 is 14.8. The number of aromatic nitrogens is 3. The zero-order valence-electron chi connectivity index (χ0n) is 16.9.